The summed E-state index contributed by atoms with van der Waals surface area (Å²) in [7, 11) is 0. The Balaban J connectivity index is 1.60. The Labute approximate surface area is 153 Å². The van der Waals surface area contributed by atoms with Gasteiger partial charge in [-0.3, -0.25) is 4.79 Å². The minimum atomic E-state index is 0.149. The number of hydrogen-bond donors (Lipinski definition) is 0. The number of hydrogen-bond acceptors (Lipinski definition) is 4. The molecule has 0 saturated carbocycles. The van der Waals surface area contributed by atoms with E-state index in [1.54, 1.807) is 18.0 Å². The van der Waals surface area contributed by atoms with Gasteiger partial charge in [0.05, 0.1) is 29.9 Å². The number of anilines is 1. The topological polar surface area (TPSA) is 51.0 Å². The lowest BCUT2D eigenvalue weighted by atomic mass is 10.1. The summed E-state index contributed by atoms with van der Waals surface area (Å²) in [5, 5.41) is 8.29. The molecule has 2 aromatic rings. The van der Waals surface area contributed by atoms with Crippen molar-refractivity contribution in [3.63, 3.8) is 0 Å². The van der Waals surface area contributed by atoms with Gasteiger partial charge >= 0.3 is 0 Å². The second-order valence-electron chi connectivity index (χ2n) is 6.45. The maximum absolute atomic E-state index is 12.4. The average Bonchev–Trinajstić information content (AvgIpc) is 3.07. The number of para-hydroxylation sites is 1. The van der Waals surface area contributed by atoms with Crippen molar-refractivity contribution < 1.29 is 4.79 Å². The van der Waals surface area contributed by atoms with E-state index in [1.807, 2.05) is 27.8 Å². The first-order chi connectivity index (χ1) is 12.3. The highest BCUT2D eigenvalue weighted by Gasteiger charge is 2.25. The van der Waals surface area contributed by atoms with Crippen LogP contribution in [-0.2, 0) is 17.9 Å². The van der Waals surface area contributed by atoms with E-state index in [0.717, 1.165) is 29.2 Å². The maximum atomic E-state index is 12.4. The molecule has 0 fully saturated rings. The first-order valence-electron chi connectivity index (χ1n) is 9.19. The molecule has 2 heterocycles. The van der Waals surface area contributed by atoms with Gasteiger partial charge in [0.25, 0.3) is 0 Å². The zero-order valence-electron chi connectivity index (χ0n) is 14.9. The third-order valence-corrected chi connectivity index (χ3v) is 5.60. The molecule has 3 rings (SSSR count). The van der Waals surface area contributed by atoms with Crippen molar-refractivity contribution in [1.29, 1.82) is 0 Å². The van der Waals surface area contributed by atoms with Crippen LogP contribution in [0.3, 0.4) is 0 Å². The van der Waals surface area contributed by atoms with Crippen molar-refractivity contribution in [2.45, 2.75) is 63.4 Å². The van der Waals surface area contributed by atoms with Crippen LogP contribution in [0, 0.1) is 0 Å². The molecule has 5 nitrogen and oxygen atoms in total. The SMILES string of the molecule is CCCCCCCCn1nncc1CN1C(=O)CSc2ccccc21. The normalized spacial score (nSPS) is 14.0. The van der Waals surface area contributed by atoms with Crippen LogP contribution in [0.25, 0.3) is 0 Å². The Morgan fingerprint density at radius 2 is 1.92 bits per heavy atom. The third-order valence-electron chi connectivity index (χ3n) is 4.55. The highest BCUT2D eigenvalue weighted by Crippen LogP contribution is 2.35. The van der Waals surface area contributed by atoms with Gasteiger partial charge in [-0.15, -0.1) is 16.9 Å². The molecule has 0 N–H and O–H groups in total. The number of thioether (sulfide) groups is 1. The van der Waals surface area contributed by atoms with E-state index in [0.29, 0.717) is 12.3 Å². The fourth-order valence-corrected chi connectivity index (χ4v) is 4.06. The number of unbranched alkanes of at least 4 members (excludes halogenated alkanes) is 5. The van der Waals surface area contributed by atoms with Gasteiger partial charge < -0.3 is 4.90 Å². The Kier molecular flexibility index (Phi) is 6.50. The van der Waals surface area contributed by atoms with Crippen LogP contribution < -0.4 is 4.90 Å². The molecule has 0 unspecified atom stereocenters. The van der Waals surface area contributed by atoms with Crippen molar-refractivity contribution in [3.8, 4) is 0 Å². The van der Waals surface area contributed by atoms with Gasteiger partial charge in [-0.05, 0) is 18.6 Å². The lowest BCUT2D eigenvalue weighted by molar-refractivity contribution is -0.116. The number of carbonyl (C=O) groups is 1. The van der Waals surface area contributed by atoms with Crippen molar-refractivity contribution in [2.75, 3.05) is 10.7 Å². The molecule has 0 bridgehead atoms. The van der Waals surface area contributed by atoms with E-state index >= 15 is 0 Å². The quantitative estimate of drug-likeness (QED) is 0.628. The fourth-order valence-electron chi connectivity index (χ4n) is 3.12. The van der Waals surface area contributed by atoms with Crippen LogP contribution in [0.4, 0.5) is 5.69 Å². The number of fused-ring (bicyclic) bond motifs is 1. The molecule has 1 aliphatic rings. The number of nitrogens with zero attached hydrogens (tertiary/aromatic N) is 4. The van der Waals surface area contributed by atoms with Gasteiger partial charge in [0.1, 0.15) is 0 Å². The van der Waals surface area contributed by atoms with Gasteiger partial charge in [0, 0.05) is 11.4 Å². The van der Waals surface area contributed by atoms with Crippen LogP contribution >= 0.6 is 11.8 Å². The lowest BCUT2D eigenvalue weighted by Crippen LogP contribution is -2.35. The Bertz CT molecular complexity index is 700. The van der Waals surface area contributed by atoms with Crippen LogP contribution in [0.15, 0.2) is 35.4 Å². The number of benzene rings is 1. The Morgan fingerprint density at radius 1 is 1.12 bits per heavy atom. The number of amides is 1. The predicted octanol–water partition coefficient (Wildman–Crippen LogP) is 4.28. The molecule has 0 aliphatic carbocycles. The highest BCUT2D eigenvalue weighted by molar-refractivity contribution is 8.00. The third kappa shape index (κ3) is 4.63. The second-order valence-corrected chi connectivity index (χ2v) is 7.47. The average molecular weight is 359 g/mol. The molecule has 0 radical (unpaired) electrons. The van der Waals surface area contributed by atoms with Crippen molar-refractivity contribution >= 4 is 23.4 Å². The molecular formula is C19H26N4OS. The maximum Gasteiger partial charge on any atom is 0.237 e. The van der Waals surface area contributed by atoms with Crippen LogP contribution in [0.1, 0.15) is 51.1 Å². The zero-order chi connectivity index (χ0) is 17.5. The van der Waals surface area contributed by atoms with Crippen LogP contribution in [0.5, 0.6) is 0 Å². The van der Waals surface area contributed by atoms with Crippen molar-refractivity contribution in [1.82, 2.24) is 15.0 Å². The highest BCUT2D eigenvalue weighted by atomic mass is 32.2. The van der Waals surface area contributed by atoms with Crippen molar-refractivity contribution in [2.24, 2.45) is 0 Å². The largest absolute Gasteiger partial charge is 0.305 e. The first-order valence-corrected chi connectivity index (χ1v) is 10.2. The number of aromatic nitrogens is 3. The molecule has 0 saturated heterocycles. The van der Waals surface area contributed by atoms with E-state index in [1.165, 1.54) is 32.1 Å². The van der Waals surface area contributed by atoms with Gasteiger partial charge in [-0.1, -0.05) is 56.4 Å². The summed E-state index contributed by atoms with van der Waals surface area (Å²) in [4.78, 5) is 15.4. The number of carbonyl (C=O) groups excluding carboxylic acids is 1. The summed E-state index contributed by atoms with van der Waals surface area (Å²) < 4.78 is 1.96. The lowest BCUT2D eigenvalue weighted by Gasteiger charge is -2.28. The van der Waals surface area contributed by atoms with Crippen molar-refractivity contribution in [3.05, 3.63) is 36.2 Å². The molecule has 0 spiro atoms. The first kappa shape index (κ1) is 18.0. The molecule has 6 heteroatoms. The van der Waals surface area contributed by atoms with E-state index in [2.05, 4.69) is 23.3 Å². The summed E-state index contributed by atoms with van der Waals surface area (Å²) in [6, 6.07) is 8.09. The number of rotatable bonds is 9. The molecule has 0 atom stereocenters. The summed E-state index contributed by atoms with van der Waals surface area (Å²) in [6.45, 7) is 3.65. The minimum absolute atomic E-state index is 0.149. The molecule has 1 aromatic carbocycles. The van der Waals surface area contributed by atoms with E-state index in [-0.39, 0.29) is 5.91 Å². The van der Waals surface area contributed by atoms with Gasteiger partial charge in [-0.25, -0.2) is 4.68 Å². The number of aryl methyl sites for hydroxylation is 1. The summed E-state index contributed by atoms with van der Waals surface area (Å²) >= 11 is 1.61. The Hall–Kier alpha value is -1.82. The van der Waals surface area contributed by atoms with Gasteiger partial charge in [0.2, 0.25) is 5.91 Å². The summed E-state index contributed by atoms with van der Waals surface area (Å²) in [5.74, 6) is 0.645. The van der Waals surface area contributed by atoms with Crippen LogP contribution in [-0.4, -0.2) is 26.7 Å². The van der Waals surface area contributed by atoms with E-state index in [4.69, 9.17) is 0 Å². The van der Waals surface area contributed by atoms with E-state index < -0.39 is 0 Å². The van der Waals surface area contributed by atoms with Gasteiger partial charge in [-0.2, -0.15) is 0 Å². The molecule has 25 heavy (non-hydrogen) atoms. The van der Waals surface area contributed by atoms with E-state index in [9.17, 15) is 4.79 Å². The van der Waals surface area contributed by atoms with Gasteiger partial charge in [0.15, 0.2) is 0 Å². The summed E-state index contributed by atoms with van der Waals surface area (Å²) in [6.07, 6.45) is 9.32. The zero-order valence-corrected chi connectivity index (χ0v) is 15.7. The fraction of sp³-hybridized carbons (Fsp3) is 0.526. The molecular weight excluding hydrogens is 332 g/mol. The monoisotopic (exact) mass is 358 g/mol. The van der Waals surface area contributed by atoms with Crippen LogP contribution in [0.2, 0.25) is 0 Å². The Morgan fingerprint density at radius 3 is 2.80 bits per heavy atom. The summed E-state index contributed by atoms with van der Waals surface area (Å²) in [5.41, 5.74) is 2.00. The molecule has 1 aliphatic heterocycles. The molecule has 1 aromatic heterocycles. The second kappa shape index (κ2) is 9.04. The minimum Gasteiger partial charge on any atom is -0.305 e. The predicted molar refractivity (Wildman–Crippen MR) is 102 cm³/mol. The standard InChI is InChI=1S/C19H26N4OS/c1-2-3-4-5-6-9-12-23-16(13-20-21-23)14-22-17-10-7-8-11-18(17)25-15-19(22)24/h7-8,10-11,13H,2-6,9,12,14-15H2,1H3. The molecule has 1 amide bonds. The molecule has 134 valence electrons. The smallest absolute Gasteiger partial charge is 0.237 e.